The van der Waals surface area contributed by atoms with Gasteiger partial charge in [-0.2, -0.15) is 0 Å². The van der Waals surface area contributed by atoms with Gasteiger partial charge in [-0.3, -0.25) is 4.79 Å². The second kappa shape index (κ2) is 7.17. The zero-order chi connectivity index (χ0) is 17.7. The summed E-state index contributed by atoms with van der Waals surface area (Å²) in [7, 11) is 1.35. The molecule has 0 radical (unpaired) electrons. The molecule has 0 heterocycles. The largest absolute Gasteiger partial charge is 0.465 e. The lowest BCUT2D eigenvalue weighted by Crippen LogP contribution is -2.27. The molecule has 2 N–H and O–H groups in total. The number of esters is 1. The highest BCUT2D eigenvalue weighted by molar-refractivity contribution is 5.94. The maximum atomic E-state index is 12.0. The van der Waals surface area contributed by atoms with E-state index in [0.717, 1.165) is 17.1 Å². The van der Waals surface area contributed by atoms with Crippen LogP contribution in [0.25, 0.3) is 0 Å². The van der Waals surface area contributed by atoms with Gasteiger partial charge < -0.3 is 15.4 Å². The van der Waals surface area contributed by atoms with Crippen molar-refractivity contribution in [2.75, 3.05) is 17.7 Å². The zero-order valence-electron chi connectivity index (χ0n) is 14.3. The van der Waals surface area contributed by atoms with Crippen LogP contribution in [0.2, 0.25) is 0 Å². The molecule has 2 aromatic rings. The van der Waals surface area contributed by atoms with Gasteiger partial charge in [0.15, 0.2) is 0 Å². The predicted molar refractivity (Wildman–Crippen MR) is 95.6 cm³/mol. The monoisotopic (exact) mass is 326 g/mol. The van der Waals surface area contributed by atoms with Crippen molar-refractivity contribution in [1.82, 2.24) is 0 Å². The van der Waals surface area contributed by atoms with Crippen LogP contribution in [0, 0.1) is 5.41 Å². The van der Waals surface area contributed by atoms with Crippen molar-refractivity contribution in [2.24, 2.45) is 5.41 Å². The molecule has 0 aromatic heterocycles. The lowest BCUT2D eigenvalue weighted by molar-refractivity contribution is -0.123. The van der Waals surface area contributed by atoms with E-state index in [4.69, 9.17) is 4.74 Å². The van der Waals surface area contributed by atoms with Gasteiger partial charge >= 0.3 is 5.97 Å². The van der Waals surface area contributed by atoms with Crippen LogP contribution in [0.3, 0.4) is 0 Å². The first-order chi connectivity index (χ1) is 11.3. The molecule has 2 aromatic carbocycles. The van der Waals surface area contributed by atoms with Gasteiger partial charge in [0.1, 0.15) is 0 Å². The molecule has 2 rings (SSSR count). The van der Waals surface area contributed by atoms with Gasteiger partial charge in [0, 0.05) is 22.5 Å². The summed E-state index contributed by atoms with van der Waals surface area (Å²) in [5, 5.41) is 6.09. The van der Waals surface area contributed by atoms with Gasteiger partial charge in [0.2, 0.25) is 5.91 Å². The normalized spacial score (nSPS) is 10.8. The number of nitrogens with one attached hydrogen (secondary N) is 2. The molecule has 0 spiro atoms. The number of amides is 1. The van der Waals surface area contributed by atoms with Crippen LogP contribution in [-0.4, -0.2) is 19.0 Å². The number of anilines is 3. The third kappa shape index (κ3) is 4.59. The molecular weight excluding hydrogens is 304 g/mol. The highest BCUT2D eigenvalue weighted by Crippen LogP contribution is 2.22. The lowest BCUT2D eigenvalue weighted by atomic mass is 9.95. The molecule has 0 atom stereocenters. The Balaban J connectivity index is 2.07. The average molecular weight is 326 g/mol. The van der Waals surface area contributed by atoms with Crippen molar-refractivity contribution in [3.8, 4) is 0 Å². The van der Waals surface area contributed by atoms with Gasteiger partial charge in [-0.05, 0) is 42.5 Å². The highest BCUT2D eigenvalue weighted by atomic mass is 16.5. The molecule has 5 nitrogen and oxygen atoms in total. The quantitative estimate of drug-likeness (QED) is 0.826. The van der Waals surface area contributed by atoms with E-state index >= 15 is 0 Å². The molecule has 24 heavy (non-hydrogen) atoms. The van der Waals surface area contributed by atoms with Crippen LogP contribution in [0.5, 0.6) is 0 Å². The second-order valence-corrected chi connectivity index (χ2v) is 6.48. The maximum absolute atomic E-state index is 12.0. The van der Waals surface area contributed by atoms with E-state index in [9.17, 15) is 9.59 Å². The van der Waals surface area contributed by atoms with Crippen LogP contribution in [0.15, 0.2) is 48.5 Å². The summed E-state index contributed by atoms with van der Waals surface area (Å²) < 4.78 is 4.71. The minimum atomic E-state index is -0.439. The number of methoxy groups -OCH3 is 1. The zero-order valence-corrected chi connectivity index (χ0v) is 14.3. The number of carbonyl (C=O) groups excluding carboxylic acids is 2. The molecule has 0 bridgehead atoms. The van der Waals surface area contributed by atoms with E-state index in [1.807, 2.05) is 51.1 Å². The van der Waals surface area contributed by atoms with Crippen LogP contribution >= 0.6 is 0 Å². The third-order valence-electron chi connectivity index (χ3n) is 3.40. The van der Waals surface area contributed by atoms with E-state index in [1.54, 1.807) is 18.2 Å². The van der Waals surface area contributed by atoms with Crippen molar-refractivity contribution in [3.05, 3.63) is 54.1 Å². The average Bonchev–Trinajstić information content (AvgIpc) is 2.55. The summed E-state index contributed by atoms with van der Waals surface area (Å²) in [4.78, 5) is 23.5. The first kappa shape index (κ1) is 17.5. The van der Waals surface area contributed by atoms with Gasteiger partial charge in [-0.25, -0.2) is 4.79 Å². The minimum absolute atomic E-state index is 0.0333. The second-order valence-electron chi connectivity index (χ2n) is 6.48. The molecule has 0 aliphatic rings. The minimum Gasteiger partial charge on any atom is -0.465 e. The lowest BCUT2D eigenvalue weighted by Gasteiger charge is -2.17. The van der Waals surface area contributed by atoms with Crippen LogP contribution in [-0.2, 0) is 9.53 Å². The Morgan fingerprint density at radius 2 is 1.54 bits per heavy atom. The Labute approximate surface area is 142 Å². The fourth-order valence-corrected chi connectivity index (χ4v) is 1.96. The van der Waals surface area contributed by atoms with E-state index < -0.39 is 5.41 Å². The first-order valence-electron chi connectivity index (χ1n) is 7.66. The van der Waals surface area contributed by atoms with Crippen LogP contribution < -0.4 is 10.6 Å². The fraction of sp³-hybridized carbons (Fsp3) is 0.263. The van der Waals surface area contributed by atoms with Crippen molar-refractivity contribution in [3.63, 3.8) is 0 Å². The summed E-state index contributed by atoms with van der Waals surface area (Å²) in [6, 6.07) is 14.5. The Morgan fingerprint density at radius 3 is 2.12 bits per heavy atom. The van der Waals surface area contributed by atoms with Crippen molar-refractivity contribution in [2.45, 2.75) is 20.8 Å². The maximum Gasteiger partial charge on any atom is 0.337 e. The molecule has 126 valence electrons. The van der Waals surface area contributed by atoms with E-state index in [-0.39, 0.29) is 11.9 Å². The number of rotatable bonds is 4. The third-order valence-corrected chi connectivity index (χ3v) is 3.40. The Morgan fingerprint density at radius 1 is 0.917 bits per heavy atom. The molecule has 0 fully saturated rings. The first-order valence-corrected chi connectivity index (χ1v) is 7.66. The van der Waals surface area contributed by atoms with Gasteiger partial charge in [-0.15, -0.1) is 0 Å². The topological polar surface area (TPSA) is 67.4 Å². The Hall–Kier alpha value is -2.82. The van der Waals surface area contributed by atoms with Crippen molar-refractivity contribution in [1.29, 1.82) is 0 Å². The summed E-state index contributed by atoms with van der Waals surface area (Å²) in [5.41, 5.74) is 2.42. The molecule has 0 aliphatic heterocycles. The van der Waals surface area contributed by atoms with Gasteiger partial charge in [0.05, 0.1) is 12.7 Å². The van der Waals surface area contributed by atoms with Crippen molar-refractivity contribution >= 4 is 28.9 Å². The van der Waals surface area contributed by atoms with Crippen LogP contribution in [0.1, 0.15) is 31.1 Å². The number of hydrogen-bond donors (Lipinski definition) is 2. The summed E-state index contributed by atoms with van der Waals surface area (Å²) in [6.45, 7) is 5.60. The molecule has 1 amide bonds. The van der Waals surface area contributed by atoms with E-state index in [1.165, 1.54) is 7.11 Å². The number of benzene rings is 2. The summed E-state index contributed by atoms with van der Waals surface area (Å²) in [6.07, 6.45) is 0. The standard InChI is InChI=1S/C19H22N2O3/c1-19(2,3)18(23)21-15-10-8-14(9-11-15)20-16-7-5-6-13(12-16)17(22)24-4/h5-12,20H,1-4H3,(H,21,23). The highest BCUT2D eigenvalue weighted by Gasteiger charge is 2.20. The number of hydrogen-bond acceptors (Lipinski definition) is 4. The molecule has 0 unspecified atom stereocenters. The molecule has 0 aliphatic carbocycles. The Bertz CT molecular complexity index is 731. The molecular formula is C19H22N2O3. The molecule has 0 saturated heterocycles. The summed E-state index contributed by atoms with van der Waals surface area (Å²) in [5.74, 6) is -0.409. The van der Waals surface area contributed by atoms with E-state index in [2.05, 4.69) is 10.6 Å². The van der Waals surface area contributed by atoms with Gasteiger partial charge in [0.25, 0.3) is 0 Å². The SMILES string of the molecule is COC(=O)c1cccc(Nc2ccc(NC(=O)C(C)(C)C)cc2)c1. The smallest absolute Gasteiger partial charge is 0.337 e. The molecule has 0 saturated carbocycles. The van der Waals surface area contributed by atoms with Gasteiger partial charge in [-0.1, -0.05) is 26.8 Å². The van der Waals surface area contributed by atoms with E-state index in [0.29, 0.717) is 5.56 Å². The number of ether oxygens (including phenoxy) is 1. The van der Waals surface area contributed by atoms with Crippen LogP contribution in [0.4, 0.5) is 17.1 Å². The Kier molecular flexibility index (Phi) is 5.24. The number of carbonyl (C=O) groups is 2. The van der Waals surface area contributed by atoms with Crippen molar-refractivity contribution < 1.29 is 14.3 Å². The predicted octanol–water partition coefficient (Wildman–Crippen LogP) is 4.20. The summed E-state index contributed by atoms with van der Waals surface area (Å²) >= 11 is 0. The molecule has 5 heteroatoms. The fourth-order valence-electron chi connectivity index (χ4n) is 1.96.